The van der Waals surface area contributed by atoms with E-state index < -0.39 is 0 Å². The average Bonchev–Trinajstić information content (AvgIpc) is 2.94. The minimum absolute atomic E-state index is 1.10. The predicted molar refractivity (Wildman–Crippen MR) is 96.8 cm³/mol. The first kappa shape index (κ1) is 19.0. The molecule has 0 spiro atoms. The van der Waals surface area contributed by atoms with E-state index in [9.17, 15) is 0 Å². The molecule has 0 heterocycles. The van der Waals surface area contributed by atoms with E-state index in [1.807, 2.05) is 0 Å². The summed E-state index contributed by atoms with van der Waals surface area (Å²) in [7, 11) is 0. The zero-order chi connectivity index (χ0) is 15.2. The van der Waals surface area contributed by atoms with Gasteiger partial charge in [-0.1, -0.05) is 123 Å². The summed E-state index contributed by atoms with van der Waals surface area (Å²) in [6.07, 6.45) is 25.3. The van der Waals surface area contributed by atoms with Crippen molar-refractivity contribution in [3.8, 4) is 0 Å². The second-order valence-corrected chi connectivity index (χ2v) is 7.56. The first-order valence-electron chi connectivity index (χ1n) is 10.4. The summed E-state index contributed by atoms with van der Waals surface area (Å²) in [5.41, 5.74) is 0. The van der Waals surface area contributed by atoms with E-state index in [1.54, 1.807) is 25.7 Å². The molecule has 0 aromatic rings. The van der Waals surface area contributed by atoms with Gasteiger partial charge in [-0.3, -0.25) is 0 Å². The lowest BCUT2D eigenvalue weighted by Gasteiger charge is -2.19. The molecule has 0 saturated heterocycles. The van der Waals surface area contributed by atoms with Crippen molar-refractivity contribution in [2.45, 2.75) is 123 Å². The molecule has 0 amide bonds. The Morgan fingerprint density at radius 2 is 0.905 bits per heavy atom. The van der Waals surface area contributed by atoms with E-state index in [2.05, 4.69) is 13.8 Å². The fourth-order valence-corrected chi connectivity index (χ4v) is 4.25. The van der Waals surface area contributed by atoms with Crippen LogP contribution in [-0.4, -0.2) is 0 Å². The third-order valence-electron chi connectivity index (χ3n) is 5.67. The predicted octanol–water partition coefficient (Wildman–Crippen LogP) is 7.90. The Morgan fingerprint density at radius 3 is 1.33 bits per heavy atom. The second kappa shape index (κ2) is 13.6. The van der Waals surface area contributed by atoms with Crippen LogP contribution in [0.1, 0.15) is 123 Å². The maximum absolute atomic E-state index is 2.31. The average molecular weight is 295 g/mol. The van der Waals surface area contributed by atoms with Crippen molar-refractivity contribution in [2.24, 2.45) is 11.8 Å². The highest BCUT2D eigenvalue weighted by Crippen LogP contribution is 2.38. The van der Waals surface area contributed by atoms with Crippen LogP contribution in [0.5, 0.6) is 0 Å². The van der Waals surface area contributed by atoms with Crippen molar-refractivity contribution in [2.75, 3.05) is 0 Å². The van der Waals surface area contributed by atoms with Crippen LogP contribution in [0.3, 0.4) is 0 Å². The molecule has 0 bridgehead atoms. The Labute approximate surface area is 135 Å². The number of hydrogen-bond donors (Lipinski definition) is 0. The van der Waals surface area contributed by atoms with E-state index in [0.717, 1.165) is 11.8 Å². The Morgan fingerprint density at radius 1 is 0.524 bits per heavy atom. The quantitative estimate of drug-likeness (QED) is 0.285. The van der Waals surface area contributed by atoms with Gasteiger partial charge >= 0.3 is 0 Å². The molecule has 126 valence electrons. The van der Waals surface area contributed by atoms with Crippen LogP contribution >= 0.6 is 0 Å². The van der Waals surface area contributed by atoms with Gasteiger partial charge in [0, 0.05) is 0 Å². The molecule has 1 fully saturated rings. The number of rotatable bonds is 14. The highest BCUT2D eigenvalue weighted by atomic mass is 14.3. The summed E-state index contributed by atoms with van der Waals surface area (Å²) in [6, 6.07) is 0. The summed E-state index contributed by atoms with van der Waals surface area (Å²) in [6.45, 7) is 4.62. The van der Waals surface area contributed by atoms with Gasteiger partial charge in [-0.25, -0.2) is 0 Å². The molecule has 0 N–H and O–H groups in total. The molecule has 2 atom stereocenters. The monoisotopic (exact) mass is 294 g/mol. The van der Waals surface area contributed by atoms with E-state index in [-0.39, 0.29) is 0 Å². The molecular weight excluding hydrogens is 252 g/mol. The van der Waals surface area contributed by atoms with Crippen LogP contribution in [-0.2, 0) is 0 Å². The molecule has 1 aliphatic rings. The van der Waals surface area contributed by atoms with Crippen LogP contribution in [0.25, 0.3) is 0 Å². The molecule has 0 unspecified atom stereocenters. The molecule has 0 aliphatic heterocycles. The maximum atomic E-state index is 2.31. The van der Waals surface area contributed by atoms with Gasteiger partial charge < -0.3 is 0 Å². The Balaban J connectivity index is 1.98. The fraction of sp³-hybridized carbons (Fsp3) is 1.00. The molecule has 1 saturated carbocycles. The summed E-state index contributed by atoms with van der Waals surface area (Å²) in [5, 5.41) is 0. The standard InChI is InChI=1S/C21H42/c1-3-5-7-9-11-13-16-20-18-15-19-21(20)17-14-12-10-8-6-4-2/h20-21H,3-19H2,1-2H3/t20-,21-/m0/s1. The topological polar surface area (TPSA) is 0 Å². The third-order valence-corrected chi connectivity index (χ3v) is 5.67. The lowest BCUT2D eigenvalue weighted by atomic mass is 9.86. The van der Waals surface area contributed by atoms with Gasteiger partial charge in [0.25, 0.3) is 0 Å². The van der Waals surface area contributed by atoms with E-state index in [0.29, 0.717) is 0 Å². The number of unbranched alkanes of at least 4 members (excludes halogenated alkanes) is 10. The molecule has 0 heteroatoms. The lowest BCUT2D eigenvalue weighted by Crippen LogP contribution is -2.08. The molecule has 0 radical (unpaired) electrons. The third kappa shape index (κ3) is 9.59. The zero-order valence-corrected chi connectivity index (χ0v) is 15.2. The summed E-state index contributed by atoms with van der Waals surface area (Å²) < 4.78 is 0. The number of hydrogen-bond acceptors (Lipinski definition) is 0. The summed E-state index contributed by atoms with van der Waals surface area (Å²) in [4.78, 5) is 0. The molecule has 0 aromatic heterocycles. The Hall–Kier alpha value is 0. The fourth-order valence-electron chi connectivity index (χ4n) is 4.25. The van der Waals surface area contributed by atoms with Gasteiger partial charge in [0.15, 0.2) is 0 Å². The molecule has 0 nitrogen and oxygen atoms in total. The van der Waals surface area contributed by atoms with Gasteiger partial charge in [-0.15, -0.1) is 0 Å². The van der Waals surface area contributed by atoms with Crippen LogP contribution < -0.4 is 0 Å². The van der Waals surface area contributed by atoms with Gasteiger partial charge in [-0.05, 0) is 11.8 Å². The molecule has 21 heavy (non-hydrogen) atoms. The van der Waals surface area contributed by atoms with Gasteiger partial charge in [-0.2, -0.15) is 0 Å². The van der Waals surface area contributed by atoms with Crippen LogP contribution in [0, 0.1) is 11.8 Å². The Bertz CT molecular complexity index is 186. The lowest BCUT2D eigenvalue weighted by molar-refractivity contribution is 0.322. The zero-order valence-electron chi connectivity index (χ0n) is 15.2. The van der Waals surface area contributed by atoms with E-state index in [4.69, 9.17) is 0 Å². The highest BCUT2D eigenvalue weighted by molar-refractivity contribution is 4.77. The molecule has 1 rings (SSSR count). The largest absolute Gasteiger partial charge is 0.0654 e. The highest BCUT2D eigenvalue weighted by Gasteiger charge is 2.25. The van der Waals surface area contributed by atoms with Gasteiger partial charge in [0.1, 0.15) is 0 Å². The summed E-state index contributed by atoms with van der Waals surface area (Å²) >= 11 is 0. The maximum Gasteiger partial charge on any atom is -0.0386 e. The summed E-state index contributed by atoms with van der Waals surface area (Å²) in [5.74, 6) is 2.21. The SMILES string of the molecule is CCCCCCCC[C@H]1CCC[C@@H]1CCCCCCCC. The van der Waals surface area contributed by atoms with Crippen molar-refractivity contribution in [3.05, 3.63) is 0 Å². The van der Waals surface area contributed by atoms with Crippen LogP contribution in [0.2, 0.25) is 0 Å². The Kier molecular flexibility index (Phi) is 12.4. The van der Waals surface area contributed by atoms with Crippen LogP contribution in [0.4, 0.5) is 0 Å². The normalized spacial score (nSPS) is 22.0. The second-order valence-electron chi connectivity index (χ2n) is 7.56. The minimum Gasteiger partial charge on any atom is -0.0654 e. The van der Waals surface area contributed by atoms with Crippen molar-refractivity contribution >= 4 is 0 Å². The molecule has 0 aromatic carbocycles. The molecular formula is C21H42. The first-order chi connectivity index (χ1) is 10.4. The van der Waals surface area contributed by atoms with E-state index in [1.165, 1.54) is 83.5 Å². The van der Waals surface area contributed by atoms with E-state index >= 15 is 0 Å². The first-order valence-corrected chi connectivity index (χ1v) is 10.4. The minimum atomic E-state index is 1.10. The van der Waals surface area contributed by atoms with Crippen molar-refractivity contribution in [1.29, 1.82) is 0 Å². The van der Waals surface area contributed by atoms with Crippen molar-refractivity contribution < 1.29 is 0 Å². The smallest absolute Gasteiger partial charge is 0.0386 e. The molecule has 1 aliphatic carbocycles. The van der Waals surface area contributed by atoms with Gasteiger partial charge in [0.05, 0.1) is 0 Å². The van der Waals surface area contributed by atoms with Crippen molar-refractivity contribution in [1.82, 2.24) is 0 Å². The van der Waals surface area contributed by atoms with Crippen LogP contribution in [0.15, 0.2) is 0 Å². The van der Waals surface area contributed by atoms with Gasteiger partial charge in [0.2, 0.25) is 0 Å². The van der Waals surface area contributed by atoms with Crippen molar-refractivity contribution in [3.63, 3.8) is 0 Å².